The van der Waals surface area contributed by atoms with Crippen LogP contribution in [0.15, 0.2) is 27.9 Å². The number of nitrogens with zero attached hydrogens (tertiary/aromatic N) is 7. The van der Waals surface area contributed by atoms with Crippen LogP contribution >= 0.6 is 11.6 Å². The lowest BCUT2D eigenvalue weighted by atomic mass is 10.0. The van der Waals surface area contributed by atoms with Crippen LogP contribution in [0.4, 0.5) is 10.2 Å². The number of benzene rings is 1. The minimum absolute atomic E-state index is 0.0158. The third kappa shape index (κ3) is 4.46. The van der Waals surface area contributed by atoms with Crippen molar-refractivity contribution in [2.75, 3.05) is 12.3 Å². The zero-order valence-corrected chi connectivity index (χ0v) is 18.0. The fraction of sp³-hybridized carbons (Fsp3) is 0.368. The molecule has 0 unspecified atom stereocenters. The maximum Gasteiger partial charge on any atom is 0.293 e. The monoisotopic (exact) mass is 461 g/mol. The van der Waals surface area contributed by atoms with Crippen molar-refractivity contribution < 1.29 is 13.8 Å². The number of amides is 1. The highest BCUT2D eigenvalue weighted by Crippen LogP contribution is 2.23. The molecule has 1 atom stereocenters. The van der Waals surface area contributed by atoms with E-state index >= 15 is 0 Å². The molecule has 4 rings (SSSR count). The lowest BCUT2D eigenvalue weighted by Crippen LogP contribution is -2.38. The molecule has 1 fully saturated rings. The van der Waals surface area contributed by atoms with E-state index in [1.807, 2.05) is 0 Å². The second-order valence-electron chi connectivity index (χ2n) is 7.42. The van der Waals surface area contributed by atoms with Crippen LogP contribution in [0.3, 0.4) is 0 Å². The van der Waals surface area contributed by atoms with Gasteiger partial charge in [-0.15, -0.1) is 5.10 Å². The molecule has 0 bridgehead atoms. The first kappa shape index (κ1) is 21.8. The van der Waals surface area contributed by atoms with Crippen molar-refractivity contribution in [3.63, 3.8) is 0 Å². The molecule has 1 amide bonds. The van der Waals surface area contributed by atoms with Gasteiger partial charge in [0.15, 0.2) is 5.69 Å². The molecule has 168 valence electrons. The largest absolute Gasteiger partial charge is 0.378 e. The number of carbonyl (C=O) groups excluding carboxylic acids is 1. The van der Waals surface area contributed by atoms with Gasteiger partial charge in [0, 0.05) is 18.2 Å². The van der Waals surface area contributed by atoms with Crippen molar-refractivity contribution in [2.24, 2.45) is 5.10 Å². The lowest BCUT2D eigenvalue weighted by Gasteiger charge is -2.33. The maximum absolute atomic E-state index is 13.9. The zero-order valence-electron chi connectivity index (χ0n) is 17.2. The van der Waals surface area contributed by atoms with E-state index in [9.17, 15) is 9.18 Å². The van der Waals surface area contributed by atoms with Crippen LogP contribution in [0, 0.1) is 5.82 Å². The number of likely N-dealkylation sites (tertiary alicyclic amines) is 1. The summed E-state index contributed by atoms with van der Waals surface area (Å²) in [5.41, 5.74) is 8.71. The van der Waals surface area contributed by atoms with E-state index in [0.29, 0.717) is 18.3 Å². The molecular formula is C19H21ClFN9O2. The third-order valence-electron chi connectivity index (χ3n) is 5.33. The third-order valence-corrected chi connectivity index (χ3v) is 5.66. The van der Waals surface area contributed by atoms with E-state index in [2.05, 4.69) is 47.6 Å². The summed E-state index contributed by atoms with van der Waals surface area (Å²) in [6, 6.07) is 4.56. The zero-order chi connectivity index (χ0) is 22.7. The molecule has 2 aromatic heterocycles. The van der Waals surface area contributed by atoms with Gasteiger partial charge in [0.2, 0.25) is 11.6 Å². The number of nitrogens with two attached hydrogens (primary N) is 1. The van der Waals surface area contributed by atoms with Crippen LogP contribution in [-0.2, 0) is 6.54 Å². The average Bonchev–Trinajstić information content (AvgIpc) is 3.37. The van der Waals surface area contributed by atoms with Crippen LogP contribution in [0.25, 0.3) is 5.82 Å². The summed E-state index contributed by atoms with van der Waals surface area (Å²) >= 11 is 5.98. The molecule has 32 heavy (non-hydrogen) atoms. The van der Waals surface area contributed by atoms with E-state index in [1.165, 1.54) is 22.9 Å². The van der Waals surface area contributed by atoms with Gasteiger partial charge in [-0.25, -0.2) is 14.4 Å². The van der Waals surface area contributed by atoms with Crippen molar-refractivity contribution in [1.82, 2.24) is 35.6 Å². The number of hydrazone groups is 1. The van der Waals surface area contributed by atoms with Gasteiger partial charge >= 0.3 is 0 Å². The summed E-state index contributed by atoms with van der Waals surface area (Å²) in [5.74, 6) is -1.04. The molecule has 0 spiro atoms. The number of nitrogens with one attached hydrogen (secondary N) is 1. The van der Waals surface area contributed by atoms with Crippen molar-refractivity contribution >= 4 is 29.5 Å². The Kier molecular flexibility index (Phi) is 6.42. The predicted octanol–water partition coefficient (Wildman–Crippen LogP) is 2.16. The molecule has 3 aromatic rings. The van der Waals surface area contributed by atoms with Gasteiger partial charge in [-0.2, -0.15) is 9.78 Å². The fourth-order valence-electron chi connectivity index (χ4n) is 3.56. The number of piperidine rings is 1. The van der Waals surface area contributed by atoms with Gasteiger partial charge in [-0.3, -0.25) is 9.69 Å². The van der Waals surface area contributed by atoms with Gasteiger partial charge in [0.05, 0.1) is 16.9 Å². The van der Waals surface area contributed by atoms with Gasteiger partial charge in [0.25, 0.3) is 5.91 Å². The minimum atomic E-state index is -0.630. The normalized spacial score (nSPS) is 17.2. The number of nitrogen functional groups attached to an aromatic ring is 1. The first-order valence-electron chi connectivity index (χ1n) is 10.00. The standard InChI is InChI=1S/C19H21ClFN9O2/c1-11-5-2-3-8-29(11)10-15-16(24-28-30(15)18-17(22)26-32-27-18)19(31)25-23-9-12-13(20)6-4-7-14(12)21/h4,6-7,9,11H,2-3,5,8,10H2,1H3,(H2,22,26)(H,25,31)/b23-9+/t11-/m0/s1. The van der Waals surface area contributed by atoms with Gasteiger partial charge < -0.3 is 5.73 Å². The van der Waals surface area contributed by atoms with Crippen LogP contribution in [0.5, 0.6) is 0 Å². The number of carbonyl (C=O) groups is 1. The Morgan fingerprint density at radius 2 is 2.28 bits per heavy atom. The number of aromatic nitrogens is 5. The summed E-state index contributed by atoms with van der Waals surface area (Å²) < 4.78 is 19.9. The van der Waals surface area contributed by atoms with E-state index < -0.39 is 11.7 Å². The Morgan fingerprint density at radius 3 is 3.00 bits per heavy atom. The Balaban J connectivity index is 1.61. The van der Waals surface area contributed by atoms with Gasteiger partial charge in [-0.05, 0) is 48.8 Å². The molecular weight excluding hydrogens is 441 g/mol. The topological polar surface area (TPSA) is 140 Å². The van der Waals surface area contributed by atoms with Gasteiger partial charge in [-0.1, -0.05) is 29.3 Å². The summed E-state index contributed by atoms with van der Waals surface area (Å²) in [6.45, 7) is 3.37. The molecule has 0 saturated carbocycles. The van der Waals surface area contributed by atoms with E-state index in [1.54, 1.807) is 0 Å². The molecule has 1 saturated heterocycles. The number of anilines is 1. The van der Waals surface area contributed by atoms with Crippen molar-refractivity contribution in [2.45, 2.75) is 38.8 Å². The number of hydrogen-bond acceptors (Lipinski definition) is 9. The Bertz CT molecular complexity index is 1130. The second kappa shape index (κ2) is 9.40. The minimum Gasteiger partial charge on any atom is -0.378 e. The molecule has 3 heterocycles. The summed E-state index contributed by atoms with van der Waals surface area (Å²) in [4.78, 5) is 15.1. The van der Waals surface area contributed by atoms with Crippen LogP contribution in [0.1, 0.15) is 47.9 Å². The van der Waals surface area contributed by atoms with Gasteiger partial charge in [0.1, 0.15) is 5.82 Å². The highest BCUT2D eigenvalue weighted by atomic mass is 35.5. The molecule has 0 aliphatic carbocycles. The molecule has 0 radical (unpaired) electrons. The quantitative estimate of drug-likeness (QED) is 0.420. The van der Waals surface area contributed by atoms with E-state index in [4.69, 9.17) is 17.3 Å². The molecule has 1 aliphatic heterocycles. The Labute approximate surface area is 187 Å². The molecule has 11 nitrogen and oxygen atoms in total. The van der Waals surface area contributed by atoms with E-state index in [-0.39, 0.29) is 27.9 Å². The molecule has 1 aromatic carbocycles. The van der Waals surface area contributed by atoms with Crippen molar-refractivity contribution in [1.29, 1.82) is 0 Å². The summed E-state index contributed by atoms with van der Waals surface area (Å²) in [7, 11) is 0. The maximum atomic E-state index is 13.9. The average molecular weight is 462 g/mol. The predicted molar refractivity (Wildman–Crippen MR) is 114 cm³/mol. The van der Waals surface area contributed by atoms with Crippen LogP contribution in [-0.4, -0.2) is 54.9 Å². The number of hydrogen-bond donors (Lipinski definition) is 2. The first-order chi connectivity index (χ1) is 15.5. The molecule has 3 N–H and O–H groups in total. The second-order valence-corrected chi connectivity index (χ2v) is 7.83. The smallest absolute Gasteiger partial charge is 0.293 e. The molecule has 1 aliphatic rings. The highest BCUT2D eigenvalue weighted by molar-refractivity contribution is 6.33. The summed E-state index contributed by atoms with van der Waals surface area (Å²) in [6.07, 6.45) is 4.38. The van der Waals surface area contributed by atoms with Crippen molar-refractivity contribution in [3.8, 4) is 5.82 Å². The SMILES string of the molecule is C[C@H]1CCCCN1Cc1c(C(=O)N/N=C/c2c(F)cccc2Cl)nnn1-c1nonc1N. The number of rotatable bonds is 6. The fourth-order valence-corrected chi connectivity index (χ4v) is 3.77. The summed E-state index contributed by atoms with van der Waals surface area (Å²) in [5, 5.41) is 19.4. The Hall–Kier alpha value is -3.38. The Morgan fingerprint density at radius 1 is 1.44 bits per heavy atom. The van der Waals surface area contributed by atoms with Crippen LogP contribution in [0.2, 0.25) is 5.02 Å². The number of halogens is 2. The highest BCUT2D eigenvalue weighted by Gasteiger charge is 2.28. The molecule has 13 heteroatoms. The lowest BCUT2D eigenvalue weighted by molar-refractivity contribution is 0.0945. The van der Waals surface area contributed by atoms with E-state index in [0.717, 1.165) is 32.0 Å². The first-order valence-corrected chi connectivity index (χ1v) is 10.4. The van der Waals surface area contributed by atoms with Crippen LogP contribution < -0.4 is 11.2 Å². The van der Waals surface area contributed by atoms with Crippen molar-refractivity contribution in [3.05, 3.63) is 46.0 Å².